The SMILES string of the molecule is CC(C)(C)c1cc(CSCc2cc(C(C)(C)C)cc(C(C)(C)C)c2)cc(C(C)(C)C)c1. The minimum absolute atomic E-state index is 0.170. The summed E-state index contributed by atoms with van der Waals surface area (Å²) in [6, 6.07) is 14.5. The Morgan fingerprint density at radius 1 is 0.419 bits per heavy atom. The van der Waals surface area contributed by atoms with Crippen LogP contribution in [0.4, 0.5) is 0 Å². The van der Waals surface area contributed by atoms with Crippen LogP contribution in [0, 0.1) is 0 Å². The second-order valence-electron chi connectivity index (χ2n) is 13.3. The Bertz CT molecular complexity index is 750. The zero-order chi connectivity index (χ0) is 23.8. The minimum atomic E-state index is 0.170. The molecule has 0 unspecified atom stereocenters. The number of thioether (sulfide) groups is 1. The monoisotopic (exact) mass is 438 g/mol. The third-order valence-electron chi connectivity index (χ3n) is 5.99. The molecule has 172 valence electrons. The molecule has 2 rings (SSSR count). The van der Waals surface area contributed by atoms with Crippen LogP contribution >= 0.6 is 11.8 Å². The van der Waals surface area contributed by atoms with Gasteiger partial charge in [0.25, 0.3) is 0 Å². The van der Waals surface area contributed by atoms with Crippen molar-refractivity contribution in [2.24, 2.45) is 0 Å². The lowest BCUT2D eigenvalue weighted by atomic mass is 9.80. The Morgan fingerprint density at radius 3 is 0.839 bits per heavy atom. The lowest BCUT2D eigenvalue weighted by Crippen LogP contribution is -2.17. The largest absolute Gasteiger partial charge is 0.152 e. The molecule has 0 aliphatic rings. The van der Waals surface area contributed by atoms with E-state index in [0.717, 1.165) is 11.5 Å². The third kappa shape index (κ3) is 7.41. The van der Waals surface area contributed by atoms with E-state index in [1.165, 1.54) is 33.4 Å². The molecule has 31 heavy (non-hydrogen) atoms. The van der Waals surface area contributed by atoms with Crippen LogP contribution in [-0.2, 0) is 33.2 Å². The van der Waals surface area contributed by atoms with E-state index in [1.807, 2.05) is 11.8 Å². The van der Waals surface area contributed by atoms with Gasteiger partial charge >= 0.3 is 0 Å². The standard InChI is InChI=1S/C30H46S/c1-27(2,3)23-13-21(14-24(17-23)28(4,5)6)19-31-20-22-15-25(29(7,8)9)18-26(16-22)30(10,11)12/h13-18H,19-20H2,1-12H3. The molecule has 0 saturated carbocycles. The molecule has 0 heterocycles. The molecule has 1 heteroatoms. The maximum Gasteiger partial charge on any atom is 0.0188 e. The molecule has 0 atom stereocenters. The van der Waals surface area contributed by atoms with E-state index < -0.39 is 0 Å². The summed E-state index contributed by atoms with van der Waals surface area (Å²) in [5.74, 6) is 2.11. The Balaban J connectivity index is 2.29. The van der Waals surface area contributed by atoms with Gasteiger partial charge < -0.3 is 0 Å². The molecular weight excluding hydrogens is 392 g/mol. The van der Waals surface area contributed by atoms with Gasteiger partial charge in [-0.3, -0.25) is 0 Å². The van der Waals surface area contributed by atoms with Gasteiger partial charge in [-0.1, -0.05) is 119 Å². The van der Waals surface area contributed by atoms with Crippen LogP contribution in [0.2, 0.25) is 0 Å². The van der Waals surface area contributed by atoms with Gasteiger partial charge in [0.15, 0.2) is 0 Å². The maximum absolute atomic E-state index is 2.42. The minimum Gasteiger partial charge on any atom is -0.152 e. The summed E-state index contributed by atoms with van der Waals surface area (Å²) in [6.45, 7) is 27.8. The summed E-state index contributed by atoms with van der Waals surface area (Å²) in [5, 5.41) is 0. The Labute approximate surface area is 197 Å². The quantitative estimate of drug-likeness (QED) is 0.458. The van der Waals surface area contributed by atoms with Gasteiger partial charge in [0.1, 0.15) is 0 Å². The highest BCUT2D eigenvalue weighted by Crippen LogP contribution is 2.34. The molecule has 0 amide bonds. The van der Waals surface area contributed by atoms with Crippen LogP contribution in [0.15, 0.2) is 36.4 Å². The van der Waals surface area contributed by atoms with Crippen molar-refractivity contribution in [1.82, 2.24) is 0 Å². The summed E-state index contributed by atoms with van der Waals surface area (Å²) >= 11 is 2.04. The third-order valence-corrected chi connectivity index (χ3v) is 7.06. The van der Waals surface area contributed by atoms with E-state index >= 15 is 0 Å². The first-order chi connectivity index (χ1) is 13.9. The zero-order valence-electron chi connectivity index (χ0n) is 22.3. The highest BCUT2D eigenvalue weighted by atomic mass is 32.2. The van der Waals surface area contributed by atoms with Crippen LogP contribution in [0.5, 0.6) is 0 Å². The molecule has 0 radical (unpaired) electrons. The van der Waals surface area contributed by atoms with Crippen molar-refractivity contribution in [3.8, 4) is 0 Å². The van der Waals surface area contributed by atoms with Gasteiger partial charge in [-0.25, -0.2) is 0 Å². The maximum atomic E-state index is 2.42. The highest BCUT2D eigenvalue weighted by Gasteiger charge is 2.22. The van der Waals surface area contributed by atoms with E-state index in [9.17, 15) is 0 Å². The van der Waals surface area contributed by atoms with E-state index in [-0.39, 0.29) is 21.7 Å². The Hall–Kier alpha value is -1.21. The van der Waals surface area contributed by atoms with Crippen molar-refractivity contribution in [3.05, 3.63) is 69.8 Å². The van der Waals surface area contributed by atoms with Crippen LogP contribution in [0.1, 0.15) is 116 Å². The lowest BCUT2D eigenvalue weighted by molar-refractivity contribution is 0.567. The Kier molecular flexibility index (Phi) is 7.54. The highest BCUT2D eigenvalue weighted by molar-refractivity contribution is 7.97. The van der Waals surface area contributed by atoms with Gasteiger partial charge in [-0.15, -0.1) is 0 Å². The van der Waals surface area contributed by atoms with Gasteiger partial charge in [-0.2, -0.15) is 11.8 Å². The molecule has 0 fully saturated rings. The van der Waals surface area contributed by atoms with Crippen LogP contribution < -0.4 is 0 Å². The molecular formula is C30H46S. The first kappa shape index (κ1) is 26.0. The summed E-state index contributed by atoms with van der Waals surface area (Å²) < 4.78 is 0. The molecule has 0 aliphatic heterocycles. The van der Waals surface area contributed by atoms with Crippen LogP contribution in [0.25, 0.3) is 0 Å². The number of hydrogen-bond acceptors (Lipinski definition) is 1. The average molecular weight is 439 g/mol. The molecule has 0 aromatic heterocycles. The summed E-state index contributed by atoms with van der Waals surface area (Å²) in [5.41, 5.74) is 9.36. The topological polar surface area (TPSA) is 0 Å². The predicted molar refractivity (Wildman–Crippen MR) is 143 cm³/mol. The molecule has 0 aliphatic carbocycles. The zero-order valence-corrected chi connectivity index (χ0v) is 23.1. The van der Waals surface area contributed by atoms with E-state index in [4.69, 9.17) is 0 Å². The number of benzene rings is 2. The summed E-state index contributed by atoms with van der Waals surface area (Å²) in [4.78, 5) is 0. The fraction of sp³-hybridized carbons (Fsp3) is 0.600. The van der Waals surface area contributed by atoms with E-state index in [2.05, 4.69) is 119 Å². The molecule has 2 aromatic rings. The molecule has 0 nitrogen and oxygen atoms in total. The molecule has 0 N–H and O–H groups in total. The molecule has 0 bridgehead atoms. The van der Waals surface area contributed by atoms with Crippen molar-refractivity contribution >= 4 is 11.8 Å². The van der Waals surface area contributed by atoms with Gasteiger partial charge in [0.2, 0.25) is 0 Å². The molecule has 0 spiro atoms. The fourth-order valence-corrected chi connectivity index (χ4v) is 4.48. The second-order valence-corrected chi connectivity index (χ2v) is 14.3. The first-order valence-electron chi connectivity index (χ1n) is 11.7. The Morgan fingerprint density at radius 2 is 0.645 bits per heavy atom. The summed E-state index contributed by atoms with van der Waals surface area (Å²) in [7, 11) is 0. The molecule has 2 aromatic carbocycles. The lowest BCUT2D eigenvalue weighted by Gasteiger charge is -2.27. The van der Waals surface area contributed by atoms with Gasteiger partial charge in [0, 0.05) is 11.5 Å². The predicted octanol–water partition coefficient (Wildman–Crippen LogP) is 9.31. The number of rotatable bonds is 4. The van der Waals surface area contributed by atoms with Crippen molar-refractivity contribution in [2.45, 2.75) is 116 Å². The van der Waals surface area contributed by atoms with Crippen molar-refractivity contribution in [1.29, 1.82) is 0 Å². The van der Waals surface area contributed by atoms with Crippen molar-refractivity contribution in [3.63, 3.8) is 0 Å². The van der Waals surface area contributed by atoms with Crippen molar-refractivity contribution in [2.75, 3.05) is 0 Å². The van der Waals surface area contributed by atoms with Crippen LogP contribution in [0.3, 0.4) is 0 Å². The van der Waals surface area contributed by atoms with Gasteiger partial charge in [-0.05, 0) is 55.0 Å². The number of hydrogen-bond donors (Lipinski definition) is 0. The average Bonchev–Trinajstić information content (AvgIpc) is 2.58. The first-order valence-corrected chi connectivity index (χ1v) is 12.9. The summed E-state index contributed by atoms with van der Waals surface area (Å²) in [6.07, 6.45) is 0. The van der Waals surface area contributed by atoms with Crippen molar-refractivity contribution < 1.29 is 0 Å². The van der Waals surface area contributed by atoms with Gasteiger partial charge in [0.05, 0.1) is 0 Å². The smallest absolute Gasteiger partial charge is 0.0188 e. The van der Waals surface area contributed by atoms with Crippen LogP contribution in [-0.4, -0.2) is 0 Å². The normalized spacial score (nSPS) is 13.5. The van der Waals surface area contributed by atoms with E-state index in [1.54, 1.807) is 0 Å². The molecule has 0 saturated heterocycles. The fourth-order valence-electron chi connectivity index (χ4n) is 3.57. The second kappa shape index (κ2) is 8.97. The van der Waals surface area contributed by atoms with E-state index in [0.29, 0.717) is 0 Å².